The van der Waals surface area contributed by atoms with Crippen LogP contribution in [0.25, 0.3) is 0 Å². The second-order valence-electron chi connectivity index (χ2n) is 4.98. The van der Waals surface area contributed by atoms with Gasteiger partial charge in [0.25, 0.3) is 0 Å². The maximum Gasteiger partial charge on any atom is 0.0198 e. The first-order valence-corrected chi connectivity index (χ1v) is 5.96. The highest BCUT2D eigenvalue weighted by atomic mass is 32.1. The molecule has 0 bridgehead atoms. The molecule has 0 fully saturated rings. The fraction of sp³-hybridized carbons (Fsp3) is 1.00. The average molecular weight is 236 g/mol. The summed E-state index contributed by atoms with van der Waals surface area (Å²) in [6, 6.07) is 0. The van der Waals surface area contributed by atoms with Crippen LogP contribution in [-0.4, -0.2) is 35.7 Å². The molecule has 0 rings (SSSR count). The SMILES string of the molecule is CC(C)(S)CNCCNCC(C)(C)S. The van der Waals surface area contributed by atoms with E-state index in [4.69, 9.17) is 0 Å². The maximum atomic E-state index is 4.43. The van der Waals surface area contributed by atoms with Crippen molar-refractivity contribution in [3.8, 4) is 0 Å². The Morgan fingerprint density at radius 1 is 0.786 bits per heavy atom. The largest absolute Gasteiger partial charge is 0.314 e. The zero-order chi connectivity index (χ0) is 11.2. The van der Waals surface area contributed by atoms with E-state index in [1.54, 1.807) is 0 Å². The molecule has 0 aromatic carbocycles. The van der Waals surface area contributed by atoms with Crippen LogP contribution in [0.3, 0.4) is 0 Å². The number of hydrogen-bond acceptors (Lipinski definition) is 4. The Hall–Kier alpha value is 0.620. The van der Waals surface area contributed by atoms with Crippen LogP contribution in [0.2, 0.25) is 0 Å². The smallest absolute Gasteiger partial charge is 0.0198 e. The van der Waals surface area contributed by atoms with Gasteiger partial charge in [-0.2, -0.15) is 25.3 Å². The van der Waals surface area contributed by atoms with Crippen molar-refractivity contribution in [1.29, 1.82) is 0 Å². The van der Waals surface area contributed by atoms with Gasteiger partial charge in [-0.15, -0.1) is 0 Å². The van der Waals surface area contributed by atoms with Crippen molar-refractivity contribution >= 4 is 25.3 Å². The second-order valence-corrected chi connectivity index (χ2v) is 7.40. The van der Waals surface area contributed by atoms with Gasteiger partial charge in [0.05, 0.1) is 0 Å². The molecule has 0 saturated carbocycles. The Kier molecular flexibility index (Phi) is 6.53. The Labute approximate surface area is 99.4 Å². The first-order valence-electron chi connectivity index (χ1n) is 5.07. The van der Waals surface area contributed by atoms with Gasteiger partial charge in [0.15, 0.2) is 0 Å². The van der Waals surface area contributed by atoms with Crippen LogP contribution in [-0.2, 0) is 0 Å². The van der Waals surface area contributed by atoms with E-state index >= 15 is 0 Å². The lowest BCUT2D eigenvalue weighted by molar-refractivity contribution is 0.542. The molecular formula is C10H24N2S2. The minimum Gasteiger partial charge on any atom is -0.314 e. The number of thiol groups is 2. The van der Waals surface area contributed by atoms with Crippen molar-refractivity contribution in [2.45, 2.75) is 37.2 Å². The molecule has 0 aromatic rings. The Balaban J connectivity index is 3.23. The molecule has 0 aliphatic heterocycles. The summed E-state index contributed by atoms with van der Waals surface area (Å²) in [6.07, 6.45) is 0. The second kappa shape index (κ2) is 6.26. The quantitative estimate of drug-likeness (QED) is 0.399. The van der Waals surface area contributed by atoms with E-state index in [9.17, 15) is 0 Å². The lowest BCUT2D eigenvalue weighted by Crippen LogP contribution is -2.38. The zero-order valence-corrected chi connectivity index (χ0v) is 11.5. The first kappa shape index (κ1) is 14.6. The Bertz CT molecular complexity index is 129. The fourth-order valence-electron chi connectivity index (χ4n) is 0.965. The molecule has 14 heavy (non-hydrogen) atoms. The van der Waals surface area contributed by atoms with E-state index in [1.165, 1.54) is 0 Å². The van der Waals surface area contributed by atoms with Gasteiger partial charge in [0.1, 0.15) is 0 Å². The van der Waals surface area contributed by atoms with Gasteiger partial charge < -0.3 is 10.6 Å². The molecule has 0 spiro atoms. The van der Waals surface area contributed by atoms with E-state index in [0.29, 0.717) is 0 Å². The zero-order valence-electron chi connectivity index (χ0n) is 9.72. The highest BCUT2D eigenvalue weighted by molar-refractivity contribution is 7.82. The summed E-state index contributed by atoms with van der Waals surface area (Å²) in [5.74, 6) is 0. The summed E-state index contributed by atoms with van der Waals surface area (Å²) in [5, 5.41) is 6.70. The van der Waals surface area contributed by atoms with Crippen LogP contribution >= 0.6 is 25.3 Å². The molecule has 0 saturated heterocycles. The standard InChI is InChI=1S/C10H24N2S2/c1-9(2,13)7-11-5-6-12-8-10(3,4)14/h11-14H,5-8H2,1-4H3. The van der Waals surface area contributed by atoms with Gasteiger partial charge in [0, 0.05) is 35.7 Å². The van der Waals surface area contributed by atoms with E-state index < -0.39 is 0 Å². The molecule has 0 unspecified atom stereocenters. The lowest BCUT2D eigenvalue weighted by atomic mass is 10.2. The van der Waals surface area contributed by atoms with Gasteiger partial charge in [-0.25, -0.2) is 0 Å². The summed E-state index contributed by atoms with van der Waals surface area (Å²) in [7, 11) is 0. The normalized spacial score (nSPS) is 13.3. The van der Waals surface area contributed by atoms with Crippen LogP contribution < -0.4 is 10.6 Å². The summed E-state index contributed by atoms with van der Waals surface area (Å²) >= 11 is 8.86. The van der Waals surface area contributed by atoms with E-state index in [0.717, 1.165) is 26.2 Å². The molecule has 0 heterocycles. The number of hydrogen-bond donors (Lipinski definition) is 4. The third-order valence-electron chi connectivity index (χ3n) is 1.59. The molecule has 0 aliphatic carbocycles. The van der Waals surface area contributed by atoms with Crippen molar-refractivity contribution in [3.63, 3.8) is 0 Å². The van der Waals surface area contributed by atoms with Gasteiger partial charge >= 0.3 is 0 Å². The molecular weight excluding hydrogens is 212 g/mol. The fourth-order valence-corrected chi connectivity index (χ4v) is 1.19. The third-order valence-corrected chi connectivity index (χ3v) is 1.91. The minimum atomic E-state index is 0.0722. The van der Waals surface area contributed by atoms with E-state index in [2.05, 4.69) is 63.6 Å². The average Bonchev–Trinajstić information content (AvgIpc) is 1.92. The predicted molar refractivity (Wildman–Crippen MR) is 71.9 cm³/mol. The third kappa shape index (κ3) is 12.6. The van der Waals surface area contributed by atoms with Crippen LogP contribution in [0.5, 0.6) is 0 Å². The van der Waals surface area contributed by atoms with E-state index in [-0.39, 0.29) is 9.49 Å². The van der Waals surface area contributed by atoms with Crippen molar-refractivity contribution in [1.82, 2.24) is 10.6 Å². The summed E-state index contributed by atoms with van der Waals surface area (Å²) in [5.41, 5.74) is 0. The topological polar surface area (TPSA) is 24.1 Å². The highest BCUT2D eigenvalue weighted by Gasteiger charge is 2.11. The monoisotopic (exact) mass is 236 g/mol. The molecule has 2 N–H and O–H groups in total. The van der Waals surface area contributed by atoms with Crippen LogP contribution in [0, 0.1) is 0 Å². The molecule has 4 heteroatoms. The van der Waals surface area contributed by atoms with E-state index in [1.807, 2.05) is 0 Å². The predicted octanol–water partition coefficient (Wildman–Crippen LogP) is 1.58. The molecule has 86 valence electrons. The summed E-state index contributed by atoms with van der Waals surface area (Å²) in [6.45, 7) is 12.2. The Morgan fingerprint density at radius 2 is 1.07 bits per heavy atom. The minimum absolute atomic E-state index is 0.0722. The van der Waals surface area contributed by atoms with Gasteiger partial charge in [0.2, 0.25) is 0 Å². The highest BCUT2D eigenvalue weighted by Crippen LogP contribution is 2.09. The summed E-state index contributed by atoms with van der Waals surface area (Å²) in [4.78, 5) is 0. The van der Waals surface area contributed by atoms with Crippen LogP contribution in [0.1, 0.15) is 27.7 Å². The first-order chi connectivity index (χ1) is 6.21. The van der Waals surface area contributed by atoms with Crippen LogP contribution in [0.15, 0.2) is 0 Å². The molecule has 0 amide bonds. The van der Waals surface area contributed by atoms with Crippen molar-refractivity contribution in [3.05, 3.63) is 0 Å². The molecule has 0 atom stereocenters. The van der Waals surface area contributed by atoms with Gasteiger partial charge in [-0.3, -0.25) is 0 Å². The Morgan fingerprint density at radius 3 is 1.29 bits per heavy atom. The van der Waals surface area contributed by atoms with Gasteiger partial charge in [-0.1, -0.05) is 0 Å². The molecule has 0 aromatic heterocycles. The van der Waals surface area contributed by atoms with Gasteiger partial charge in [-0.05, 0) is 27.7 Å². The van der Waals surface area contributed by atoms with Crippen LogP contribution in [0.4, 0.5) is 0 Å². The van der Waals surface area contributed by atoms with Crippen molar-refractivity contribution in [2.24, 2.45) is 0 Å². The lowest BCUT2D eigenvalue weighted by Gasteiger charge is -2.20. The number of rotatable bonds is 7. The van der Waals surface area contributed by atoms with Crippen molar-refractivity contribution < 1.29 is 0 Å². The number of nitrogens with one attached hydrogen (secondary N) is 2. The molecule has 2 nitrogen and oxygen atoms in total. The molecule has 0 radical (unpaired) electrons. The molecule has 0 aliphatic rings. The van der Waals surface area contributed by atoms with Crippen molar-refractivity contribution in [2.75, 3.05) is 26.2 Å². The maximum absolute atomic E-state index is 4.43. The summed E-state index contributed by atoms with van der Waals surface area (Å²) < 4.78 is 0.144.